The molecule has 0 radical (unpaired) electrons. The van der Waals surface area contributed by atoms with Crippen molar-refractivity contribution in [2.75, 3.05) is 19.7 Å². The first-order chi connectivity index (χ1) is 15.0. The van der Waals surface area contributed by atoms with Crippen LogP contribution >= 0.6 is 27.5 Å². The molecule has 2 aromatic carbocycles. The number of rotatable bonds is 4. The Labute approximate surface area is 194 Å². The van der Waals surface area contributed by atoms with Gasteiger partial charge < -0.3 is 9.64 Å². The van der Waals surface area contributed by atoms with Crippen LogP contribution in [0.4, 0.5) is 0 Å². The lowest BCUT2D eigenvalue weighted by Crippen LogP contribution is -2.40. The first-order valence-electron chi connectivity index (χ1n) is 10.3. The van der Waals surface area contributed by atoms with Gasteiger partial charge in [0.15, 0.2) is 0 Å². The molecule has 2 heterocycles. The maximum Gasteiger partial charge on any atom is 0.309 e. The van der Waals surface area contributed by atoms with E-state index in [4.69, 9.17) is 21.3 Å². The number of benzene rings is 2. The van der Waals surface area contributed by atoms with Crippen molar-refractivity contribution in [3.8, 4) is 11.3 Å². The number of piperidine rings is 1. The molecule has 5 nitrogen and oxygen atoms in total. The van der Waals surface area contributed by atoms with Crippen LogP contribution in [0.2, 0.25) is 5.02 Å². The summed E-state index contributed by atoms with van der Waals surface area (Å²) in [4.78, 5) is 32.1. The van der Waals surface area contributed by atoms with E-state index in [1.165, 1.54) is 0 Å². The highest BCUT2D eigenvalue weighted by atomic mass is 79.9. The summed E-state index contributed by atoms with van der Waals surface area (Å²) < 4.78 is 6.03. The number of amides is 1. The van der Waals surface area contributed by atoms with E-state index >= 15 is 0 Å². The molecule has 160 valence electrons. The van der Waals surface area contributed by atoms with Crippen molar-refractivity contribution in [2.24, 2.45) is 5.92 Å². The number of likely N-dealkylation sites (tertiary alicyclic amines) is 1. The third-order valence-electron chi connectivity index (χ3n) is 5.54. The average molecular weight is 502 g/mol. The zero-order valence-corrected chi connectivity index (χ0v) is 19.4. The second kappa shape index (κ2) is 9.37. The summed E-state index contributed by atoms with van der Waals surface area (Å²) in [6, 6.07) is 15.0. The molecule has 1 amide bonds. The van der Waals surface area contributed by atoms with Crippen LogP contribution in [0.5, 0.6) is 0 Å². The number of hydrogen-bond acceptors (Lipinski definition) is 4. The Balaban J connectivity index is 1.67. The van der Waals surface area contributed by atoms with Crippen molar-refractivity contribution in [1.29, 1.82) is 0 Å². The van der Waals surface area contributed by atoms with E-state index in [2.05, 4.69) is 15.9 Å². The fraction of sp³-hybridized carbons (Fsp3) is 0.292. The number of halogens is 2. The van der Waals surface area contributed by atoms with E-state index in [9.17, 15) is 9.59 Å². The van der Waals surface area contributed by atoms with Gasteiger partial charge in [-0.2, -0.15) is 0 Å². The molecule has 31 heavy (non-hydrogen) atoms. The number of pyridine rings is 1. The Bertz CT molecular complexity index is 1130. The highest BCUT2D eigenvalue weighted by molar-refractivity contribution is 9.10. The van der Waals surface area contributed by atoms with Crippen LogP contribution in [0.1, 0.15) is 30.1 Å². The van der Waals surface area contributed by atoms with Crippen molar-refractivity contribution < 1.29 is 14.3 Å². The average Bonchev–Trinajstić information content (AvgIpc) is 2.79. The van der Waals surface area contributed by atoms with Crippen molar-refractivity contribution in [1.82, 2.24) is 9.88 Å². The quantitative estimate of drug-likeness (QED) is 0.428. The molecule has 1 aromatic heterocycles. The molecule has 0 unspecified atom stereocenters. The van der Waals surface area contributed by atoms with Gasteiger partial charge in [-0.25, -0.2) is 4.98 Å². The fourth-order valence-corrected chi connectivity index (χ4v) is 4.38. The minimum absolute atomic E-state index is 0.0528. The van der Waals surface area contributed by atoms with Crippen molar-refractivity contribution >= 4 is 50.3 Å². The molecule has 1 saturated heterocycles. The number of hydrogen-bond donors (Lipinski definition) is 0. The zero-order valence-electron chi connectivity index (χ0n) is 17.1. The van der Waals surface area contributed by atoms with Gasteiger partial charge in [-0.3, -0.25) is 9.59 Å². The number of ether oxygens (including phenoxy) is 1. The van der Waals surface area contributed by atoms with E-state index in [1.54, 1.807) is 0 Å². The molecule has 7 heteroatoms. The largest absolute Gasteiger partial charge is 0.466 e. The molecule has 3 aromatic rings. The summed E-state index contributed by atoms with van der Waals surface area (Å²) in [5, 5.41) is 1.44. The molecule has 0 bridgehead atoms. The van der Waals surface area contributed by atoms with Gasteiger partial charge in [-0.05, 0) is 56.2 Å². The van der Waals surface area contributed by atoms with E-state index in [0.29, 0.717) is 43.1 Å². The van der Waals surface area contributed by atoms with Crippen molar-refractivity contribution in [3.05, 3.63) is 63.6 Å². The molecule has 0 saturated carbocycles. The molecular weight excluding hydrogens is 480 g/mol. The van der Waals surface area contributed by atoms with Gasteiger partial charge in [0.25, 0.3) is 5.91 Å². The molecule has 0 N–H and O–H groups in total. The highest BCUT2D eigenvalue weighted by Crippen LogP contribution is 2.30. The number of carbonyl (C=O) groups excluding carboxylic acids is 2. The lowest BCUT2D eigenvalue weighted by Gasteiger charge is -2.31. The second-order valence-electron chi connectivity index (χ2n) is 7.54. The van der Waals surface area contributed by atoms with Crippen LogP contribution in [0.15, 0.2) is 53.0 Å². The van der Waals surface area contributed by atoms with Crippen molar-refractivity contribution in [2.45, 2.75) is 19.8 Å². The Morgan fingerprint density at radius 2 is 1.84 bits per heavy atom. The first-order valence-corrected chi connectivity index (χ1v) is 11.5. The summed E-state index contributed by atoms with van der Waals surface area (Å²) in [5.41, 5.74) is 2.96. The van der Waals surface area contributed by atoms with Crippen molar-refractivity contribution in [3.63, 3.8) is 0 Å². The molecule has 1 aliphatic rings. The predicted octanol–water partition coefficient (Wildman–Crippen LogP) is 5.73. The molecular formula is C24H22BrClN2O3. The molecule has 0 atom stereocenters. The predicted molar refractivity (Wildman–Crippen MR) is 125 cm³/mol. The smallest absolute Gasteiger partial charge is 0.309 e. The number of carbonyl (C=O) groups is 2. The molecule has 4 rings (SSSR count). The van der Waals surface area contributed by atoms with Crippen LogP contribution in [-0.4, -0.2) is 41.5 Å². The van der Waals surface area contributed by atoms with Gasteiger partial charge in [0.05, 0.1) is 29.3 Å². The van der Waals surface area contributed by atoms with Crippen LogP contribution in [0.25, 0.3) is 22.2 Å². The normalized spacial score (nSPS) is 14.6. The SMILES string of the molecule is CCOC(=O)C1CCN(C(=O)c2cc(-c3ccc(Cl)cc3)nc3ccc(Br)cc23)CC1. The minimum atomic E-state index is -0.169. The minimum Gasteiger partial charge on any atom is -0.466 e. The van der Waals surface area contributed by atoms with Crippen LogP contribution in [-0.2, 0) is 9.53 Å². The highest BCUT2D eigenvalue weighted by Gasteiger charge is 2.29. The Morgan fingerprint density at radius 3 is 2.52 bits per heavy atom. The summed E-state index contributed by atoms with van der Waals surface area (Å²) >= 11 is 9.53. The maximum absolute atomic E-state index is 13.5. The van der Waals surface area contributed by atoms with E-state index < -0.39 is 0 Å². The number of aromatic nitrogens is 1. The number of esters is 1. The molecule has 0 aliphatic carbocycles. The monoisotopic (exact) mass is 500 g/mol. The second-order valence-corrected chi connectivity index (χ2v) is 8.89. The number of nitrogens with zero attached hydrogens (tertiary/aromatic N) is 2. The summed E-state index contributed by atoms with van der Waals surface area (Å²) in [6.45, 7) is 3.23. The number of fused-ring (bicyclic) bond motifs is 1. The fourth-order valence-electron chi connectivity index (χ4n) is 3.89. The Kier molecular flexibility index (Phi) is 6.58. The van der Waals surface area contributed by atoms with Crippen LogP contribution < -0.4 is 0 Å². The van der Waals surface area contributed by atoms with Gasteiger partial charge in [-0.15, -0.1) is 0 Å². The van der Waals surface area contributed by atoms with Gasteiger partial charge >= 0.3 is 5.97 Å². The summed E-state index contributed by atoms with van der Waals surface area (Å²) in [5.74, 6) is -0.363. The van der Waals surface area contributed by atoms with E-state index in [0.717, 1.165) is 26.6 Å². The summed E-state index contributed by atoms with van der Waals surface area (Å²) in [7, 11) is 0. The van der Waals surface area contributed by atoms with Gasteiger partial charge in [0, 0.05) is 33.5 Å². The lowest BCUT2D eigenvalue weighted by molar-refractivity contribution is -0.149. The van der Waals surface area contributed by atoms with Gasteiger partial charge in [0.1, 0.15) is 0 Å². The zero-order chi connectivity index (χ0) is 22.0. The van der Waals surface area contributed by atoms with Crippen LogP contribution in [0, 0.1) is 5.92 Å². The van der Waals surface area contributed by atoms with Gasteiger partial charge in [-0.1, -0.05) is 39.7 Å². The first kappa shape index (κ1) is 21.8. The topological polar surface area (TPSA) is 59.5 Å². The lowest BCUT2D eigenvalue weighted by atomic mass is 9.95. The van der Waals surface area contributed by atoms with Gasteiger partial charge in [0.2, 0.25) is 0 Å². The molecule has 0 spiro atoms. The standard InChI is InChI=1S/C24H22BrClN2O3/c1-2-31-24(30)16-9-11-28(12-10-16)23(29)20-14-22(15-3-6-18(26)7-4-15)27-21-8-5-17(25)13-19(20)21/h3-8,13-14,16H,2,9-12H2,1H3. The summed E-state index contributed by atoms with van der Waals surface area (Å²) in [6.07, 6.45) is 1.22. The van der Waals surface area contributed by atoms with E-state index in [1.807, 2.05) is 60.4 Å². The molecule has 1 fully saturated rings. The molecule has 1 aliphatic heterocycles. The maximum atomic E-state index is 13.5. The third kappa shape index (κ3) is 4.75. The Morgan fingerprint density at radius 1 is 1.13 bits per heavy atom. The Hall–Kier alpha value is -2.44. The van der Waals surface area contributed by atoms with E-state index in [-0.39, 0.29) is 17.8 Å². The van der Waals surface area contributed by atoms with Crippen LogP contribution in [0.3, 0.4) is 0 Å². The third-order valence-corrected chi connectivity index (χ3v) is 6.29.